The van der Waals surface area contributed by atoms with Crippen molar-refractivity contribution in [3.8, 4) is 0 Å². The van der Waals surface area contributed by atoms with Crippen LogP contribution in [0.15, 0.2) is 81.4 Å². The van der Waals surface area contributed by atoms with Gasteiger partial charge in [0.1, 0.15) is 11.8 Å². The number of nitrogens with zero attached hydrogens (tertiary/aromatic N) is 2. The van der Waals surface area contributed by atoms with Crippen LogP contribution in [0, 0.1) is 5.92 Å². The monoisotopic (exact) mass is 742 g/mol. The Balaban J connectivity index is 1.40. The van der Waals surface area contributed by atoms with Gasteiger partial charge in [-0.05, 0) is 54.1 Å². The largest absolute Gasteiger partial charge is 0.416 e. The summed E-state index contributed by atoms with van der Waals surface area (Å²) >= 11 is 14.5. The molecule has 6 rings (SSSR count). The van der Waals surface area contributed by atoms with Gasteiger partial charge in [-0.2, -0.15) is 13.2 Å². The molecule has 1 aromatic heterocycles. The standard InChI is InChI=1S/C29H19Cl2F3N4O6S3/c30-18-6-2-5-17(22(18)31)20-21-23(26(41)38(25(21)40)15-4-1-3-13(11-15)29(32,33)34)45-27-24(20)46-28(42)37(27)12-19(39)36-14-7-9-16(10-8-14)47(35,43)44/h1-11,20-21,23H,12H2,(H,36,39)(H2,35,43,44). The summed E-state index contributed by atoms with van der Waals surface area (Å²) in [7, 11) is -3.97. The number of primary sulfonamides is 1. The molecule has 1 saturated heterocycles. The Hall–Kier alpha value is -3.67. The Bertz CT molecular complexity index is 2140. The van der Waals surface area contributed by atoms with Gasteiger partial charge in [0.2, 0.25) is 27.7 Å². The highest BCUT2D eigenvalue weighted by atomic mass is 35.5. The Labute approximate surface area is 282 Å². The Kier molecular flexibility index (Phi) is 8.55. The minimum atomic E-state index is -4.73. The smallest absolute Gasteiger partial charge is 0.325 e. The van der Waals surface area contributed by atoms with Crippen molar-refractivity contribution in [1.82, 2.24) is 4.57 Å². The first-order valence-corrected chi connectivity index (χ1v) is 17.4. The van der Waals surface area contributed by atoms with Gasteiger partial charge in [0.25, 0.3) is 0 Å². The summed E-state index contributed by atoms with van der Waals surface area (Å²) in [6.07, 6.45) is -4.73. The van der Waals surface area contributed by atoms with Gasteiger partial charge in [0.05, 0.1) is 37.1 Å². The number of hydrogen-bond acceptors (Lipinski definition) is 8. The molecule has 0 saturated carbocycles. The van der Waals surface area contributed by atoms with E-state index < -0.39 is 68.0 Å². The highest BCUT2D eigenvalue weighted by Crippen LogP contribution is 2.55. The number of nitrogens with one attached hydrogen (secondary N) is 1. The molecule has 3 atom stereocenters. The van der Waals surface area contributed by atoms with E-state index in [0.29, 0.717) is 21.4 Å². The van der Waals surface area contributed by atoms with Crippen molar-refractivity contribution in [1.29, 1.82) is 0 Å². The molecule has 47 heavy (non-hydrogen) atoms. The zero-order chi connectivity index (χ0) is 34.0. The number of hydrogen-bond donors (Lipinski definition) is 2. The quantitative estimate of drug-likeness (QED) is 0.254. The fourth-order valence-electron chi connectivity index (χ4n) is 5.50. The number of imide groups is 1. The summed E-state index contributed by atoms with van der Waals surface area (Å²) in [5.74, 6) is -4.45. The van der Waals surface area contributed by atoms with Crippen molar-refractivity contribution in [2.24, 2.45) is 11.1 Å². The SMILES string of the molecule is NS(=O)(=O)c1ccc(NC(=O)Cn2c3c(sc2=O)C(c2cccc(Cl)c2Cl)C2C(=O)N(c4cccc(C(F)(F)F)c4)C(=O)C2S3)cc1. The highest BCUT2D eigenvalue weighted by molar-refractivity contribution is 8.00. The van der Waals surface area contributed by atoms with E-state index in [4.69, 9.17) is 28.3 Å². The average molecular weight is 744 g/mol. The second-order valence-electron chi connectivity index (χ2n) is 10.5. The van der Waals surface area contributed by atoms with Crippen LogP contribution in [0.2, 0.25) is 10.0 Å². The summed E-state index contributed by atoms with van der Waals surface area (Å²) < 4.78 is 64.8. The van der Waals surface area contributed by atoms with Crippen molar-refractivity contribution < 1.29 is 36.0 Å². The maximum atomic E-state index is 14.0. The zero-order valence-electron chi connectivity index (χ0n) is 23.3. The summed E-state index contributed by atoms with van der Waals surface area (Å²) in [4.78, 5) is 54.5. The Morgan fingerprint density at radius 2 is 1.66 bits per heavy atom. The normalized spacial score (nSPS) is 19.4. The molecule has 1 fully saturated rings. The van der Waals surface area contributed by atoms with Crippen LogP contribution in [0.5, 0.6) is 0 Å². The van der Waals surface area contributed by atoms with E-state index in [1.165, 1.54) is 36.4 Å². The van der Waals surface area contributed by atoms with Gasteiger partial charge >= 0.3 is 11.0 Å². The van der Waals surface area contributed by atoms with Crippen LogP contribution in [0.1, 0.15) is 21.9 Å². The number of carbonyl (C=O) groups is 3. The first-order chi connectivity index (χ1) is 22.1. The number of alkyl halides is 3. The van der Waals surface area contributed by atoms with Gasteiger partial charge in [-0.25, -0.2) is 18.5 Å². The molecule has 18 heteroatoms. The van der Waals surface area contributed by atoms with Crippen LogP contribution >= 0.6 is 46.3 Å². The van der Waals surface area contributed by atoms with E-state index in [2.05, 4.69) is 5.32 Å². The van der Waals surface area contributed by atoms with Crippen molar-refractivity contribution in [3.05, 3.63) is 102 Å². The number of fused-ring (bicyclic) bond motifs is 2. The maximum Gasteiger partial charge on any atom is 0.416 e. The van der Waals surface area contributed by atoms with Crippen molar-refractivity contribution in [2.75, 3.05) is 10.2 Å². The second-order valence-corrected chi connectivity index (χ2v) is 15.0. The van der Waals surface area contributed by atoms with Crippen LogP contribution in [-0.4, -0.2) is 36.0 Å². The summed E-state index contributed by atoms with van der Waals surface area (Å²) in [6.45, 7) is -0.526. The number of aromatic nitrogens is 1. The first kappa shape index (κ1) is 33.2. The van der Waals surface area contributed by atoms with Crippen LogP contribution in [0.25, 0.3) is 0 Å². The number of rotatable bonds is 6. The van der Waals surface area contributed by atoms with E-state index in [9.17, 15) is 40.8 Å². The van der Waals surface area contributed by atoms with Crippen LogP contribution in [0.3, 0.4) is 0 Å². The molecule has 0 spiro atoms. The molecule has 3 N–H and O–H groups in total. The number of thiazole rings is 1. The minimum Gasteiger partial charge on any atom is -0.325 e. The lowest BCUT2D eigenvalue weighted by Gasteiger charge is -2.31. The topological polar surface area (TPSA) is 149 Å². The number of carbonyl (C=O) groups excluding carboxylic acids is 3. The average Bonchev–Trinajstić information content (AvgIpc) is 3.44. The minimum absolute atomic E-state index is 0.0571. The van der Waals surface area contributed by atoms with Gasteiger partial charge < -0.3 is 5.32 Å². The molecule has 0 radical (unpaired) electrons. The third kappa shape index (κ3) is 6.09. The van der Waals surface area contributed by atoms with E-state index >= 15 is 0 Å². The van der Waals surface area contributed by atoms with Crippen LogP contribution < -0.4 is 20.2 Å². The number of benzene rings is 3. The number of nitrogens with two attached hydrogens (primary N) is 1. The fourth-order valence-corrected chi connectivity index (χ4v) is 9.20. The summed E-state index contributed by atoms with van der Waals surface area (Å²) in [5, 5.41) is 6.87. The van der Waals surface area contributed by atoms with Gasteiger partial charge in [-0.3, -0.25) is 23.7 Å². The van der Waals surface area contributed by atoms with Crippen molar-refractivity contribution in [2.45, 2.75) is 33.8 Å². The van der Waals surface area contributed by atoms with E-state index in [0.717, 1.165) is 39.8 Å². The van der Waals surface area contributed by atoms with Crippen LogP contribution in [0.4, 0.5) is 24.5 Å². The Morgan fingerprint density at radius 3 is 2.32 bits per heavy atom. The molecule has 4 aromatic rings. The number of anilines is 2. The third-order valence-electron chi connectivity index (χ3n) is 7.57. The zero-order valence-corrected chi connectivity index (χ0v) is 27.3. The molecule has 0 bridgehead atoms. The summed E-state index contributed by atoms with van der Waals surface area (Å²) in [5.41, 5.74) is -0.792. The molecule has 3 unspecified atom stereocenters. The molecule has 0 aliphatic carbocycles. The van der Waals surface area contributed by atoms with Crippen molar-refractivity contribution in [3.63, 3.8) is 0 Å². The second kappa shape index (κ2) is 12.1. The van der Waals surface area contributed by atoms with Gasteiger partial charge in [-0.15, -0.1) is 0 Å². The maximum absolute atomic E-state index is 14.0. The molecule has 10 nitrogen and oxygen atoms in total. The number of halogens is 5. The molecule has 3 heterocycles. The Morgan fingerprint density at radius 1 is 0.979 bits per heavy atom. The lowest BCUT2D eigenvalue weighted by atomic mass is 9.83. The molecule has 2 aliphatic rings. The molecule has 2 aliphatic heterocycles. The van der Waals surface area contributed by atoms with E-state index in [1.54, 1.807) is 12.1 Å². The van der Waals surface area contributed by atoms with E-state index in [1.807, 2.05) is 0 Å². The summed E-state index contributed by atoms with van der Waals surface area (Å²) in [6, 6.07) is 13.5. The van der Waals surface area contributed by atoms with Crippen molar-refractivity contribution >= 4 is 85.4 Å². The third-order valence-corrected chi connectivity index (χ3v) is 11.9. The predicted molar refractivity (Wildman–Crippen MR) is 170 cm³/mol. The lowest BCUT2D eigenvalue weighted by Crippen LogP contribution is -2.33. The van der Waals surface area contributed by atoms with Crippen LogP contribution in [-0.2, 0) is 37.1 Å². The molecule has 3 amide bonds. The van der Waals surface area contributed by atoms with Gasteiger partial charge in [0.15, 0.2) is 0 Å². The van der Waals surface area contributed by atoms with Gasteiger partial charge in [-0.1, -0.05) is 64.5 Å². The molecule has 244 valence electrons. The van der Waals surface area contributed by atoms with Gasteiger partial charge in [0, 0.05) is 16.5 Å². The molecular formula is C29H19Cl2F3N4O6S3. The lowest BCUT2D eigenvalue weighted by molar-refractivity contribution is -0.137. The fraction of sp³-hybridized carbons (Fsp3) is 0.172. The number of thioether (sulfide) groups is 1. The number of amides is 3. The van der Waals surface area contributed by atoms with E-state index in [-0.39, 0.29) is 31.3 Å². The highest BCUT2D eigenvalue weighted by Gasteiger charge is 2.57. The molecular weight excluding hydrogens is 724 g/mol. The first-order valence-electron chi connectivity index (χ1n) is 13.4. The number of sulfonamides is 1. The predicted octanol–water partition coefficient (Wildman–Crippen LogP) is 5.32. The molecule has 3 aromatic carbocycles.